The van der Waals surface area contributed by atoms with Crippen LogP contribution in [0.3, 0.4) is 0 Å². The molecule has 0 fully saturated rings. The molecule has 4 nitrogen and oxygen atoms in total. The minimum Gasteiger partial charge on any atom is -0.465 e. The standard InChI is InChI=1S/C9H12N2O2S.ClH/c1-13-9(12)8-7(10)5-4-11-3-2-6(5)14-8;/h11H,2-4,10H2,1H3;1H. The quantitative estimate of drug-likeness (QED) is 0.733. The summed E-state index contributed by atoms with van der Waals surface area (Å²) in [5, 5.41) is 3.23. The minimum atomic E-state index is -0.332. The van der Waals surface area contributed by atoms with E-state index in [4.69, 9.17) is 5.73 Å². The third-order valence-corrected chi connectivity index (χ3v) is 3.62. The third kappa shape index (κ3) is 2.09. The molecule has 0 spiro atoms. The van der Waals surface area contributed by atoms with E-state index in [1.807, 2.05) is 0 Å². The molecule has 0 radical (unpaired) electrons. The first-order valence-electron chi connectivity index (χ1n) is 4.43. The van der Waals surface area contributed by atoms with Gasteiger partial charge in [0, 0.05) is 23.5 Å². The largest absolute Gasteiger partial charge is 0.465 e. The van der Waals surface area contributed by atoms with E-state index >= 15 is 0 Å². The summed E-state index contributed by atoms with van der Waals surface area (Å²) in [6, 6.07) is 0. The molecule has 0 bridgehead atoms. The number of nitrogens with one attached hydrogen (secondary N) is 1. The lowest BCUT2D eigenvalue weighted by molar-refractivity contribution is 0.0607. The SMILES string of the molecule is COC(=O)c1sc2c(c1N)CNCC2.Cl. The number of halogens is 1. The number of hydrogen-bond acceptors (Lipinski definition) is 5. The molecule has 0 saturated carbocycles. The first kappa shape index (κ1) is 12.3. The van der Waals surface area contributed by atoms with Crippen molar-refractivity contribution in [2.45, 2.75) is 13.0 Å². The molecule has 0 aromatic carbocycles. The summed E-state index contributed by atoms with van der Waals surface area (Å²) in [5.41, 5.74) is 7.53. The van der Waals surface area contributed by atoms with Crippen LogP contribution in [0.2, 0.25) is 0 Å². The Labute approximate surface area is 98.2 Å². The third-order valence-electron chi connectivity index (χ3n) is 2.33. The van der Waals surface area contributed by atoms with Crippen LogP contribution in [0.15, 0.2) is 0 Å². The van der Waals surface area contributed by atoms with E-state index in [0.29, 0.717) is 10.6 Å². The lowest BCUT2D eigenvalue weighted by Crippen LogP contribution is -2.22. The Kier molecular flexibility index (Phi) is 3.96. The molecule has 1 aromatic heterocycles. The highest BCUT2D eigenvalue weighted by Crippen LogP contribution is 2.33. The van der Waals surface area contributed by atoms with Crippen LogP contribution >= 0.6 is 23.7 Å². The molecular weight excluding hydrogens is 236 g/mol. The fourth-order valence-corrected chi connectivity index (χ4v) is 2.74. The molecule has 3 N–H and O–H groups in total. The van der Waals surface area contributed by atoms with Crippen molar-refractivity contribution in [2.24, 2.45) is 0 Å². The van der Waals surface area contributed by atoms with E-state index in [1.165, 1.54) is 23.3 Å². The summed E-state index contributed by atoms with van der Waals surface area (Å²) in [7, 11) is 1.37. The van der Waals surface area contributed by atoms with Crippen LogP contribution in [0.5, 0.6) is 0 Å². The molecule has 1 aromatic rings. The Bertz CT molecular complexity index is 378. The van der Waals surface area contributed by atoms with Gasteiger partial charge in [0.1, 0.15) is 4.88 Å². The molecule has 1 aliphatic rings. The normalized spacial score (nSPS) is 13.9. The Hall–Kier alpha value is -0.780. The average Bonchev–Trinajstić information content (AvgIpc) is 2.56. The Balaban J connectivity index is 0.00000112. The van der Waals surface area contributed by atoms with Gasteiger partial charge in [-0.15, -0.1) is 23.7 Å². The first-order valence-corrected chi connectivity index (χ1v) is 5.24. The van der Waals surface area contributed by atoms with Gasteiger partial charge < -0.3 is 15.8 Å². The van der Waals surface area contributed by atoms with Gasteiger partial charge in [0.05, 0.1) is 12.8 Å². The average molecular weight is 249 g/mol. The van der Waals surface area contributed by atoms with Crippen molar-refractivity contribution in [3.63, 3.8) is 0 Å². The van der Waals surface area contributed by atoms with E-state index in [9.17, 15) is 4.79 Å². The maximum atomic E-state index is 11.3. The van der Waals surface area contributed by atoms with Crippen molar-refractivity contribution in [3.8, 4) is 0 Å². The van der Waals surface area contributed by atoms with Crippen molar-refractivity contribution in [2.75, 3.05) is 19.4 Å². The van der Waals surface area contributed by atoms with Crippen LogP contribution in [-0.4, -0.2) is 19.6 Å². The number of methoxy groups -OCH3 is 1. The highest BCUT2D eigenvalue weighted by molar-refractivity contribution is 7.14. The summed E-state index contributed by atoms with van der Waals surface area (Å²) >= 11 is 1.46. The van der Waals surface area contributed by atoms with Gasteiger partial charge in [-0.3, -0.25) is 0 Å². The lowest BCUT2D eigenvalue weighted by Gasteiger charge is -2.12. The number of anilines is 1. The topological polar surface area (TPSA) is 64.3 Å². The zero-order valence-electron chi connectivity index (χ0n) is 8.33. The number of ether oxygens (including phenoxy) is 1. The number of nitrogen functional groups attached to an aromatic ring is 1. The van der Waals surface area contributed by atoms with Gasteiger partial charge in [0.2, 0.25) is 0 Å². The fourth-order valence-electron chi connectivity index (χ4n) is 1.58. The lowest BCUT2D eigenvalue weighted by atomic mass is 10.1. The van der Waals surface area contributed by atoms with Crippen LogP contribution in [-0.2, 0) is 17.7 Å². The Morgan fingerprint density at radius 1 is 1.60 bits per heavy atom. The molecule has 0 aliphatic carbocycles. The minimum absolute atomic E-state index is 0. The van der Waals surface area contributed by atoms with Crippen LogP contribution in [0.4, 0.5) is 5.69 Å². The molecule has 84 valence electrons. The van der Waals surface area contributed by atoms with Crippen LogP contribution < -0.4 is 11.1 Å². The zero-order valence-corrected chi connectivity index (χ0v) is 9.96. The number of carbonyl (C=O) groups excluding carboxylic acids is 1. The second-order valence-electron chi connectivity index (χ2n) is 3.16. The van der Waals surface area contributed by atoms with Crippen molar-refractivity contribution < 1.29 is 9.53 Å². The van der Waals surface area contributed by atoms with Gasteiger partial charge in [0.15, 0.2) is 0 Å². The predicted molar refractivity (Wildman–Crippen MR) is 62.7 cm³/mol. The van der Waals surface area contributed by atoms with Crippen LogP contribution in [0.1, 0.15) is 20.1 Å². The van der Waals surface area contributed by atoms with Crippen molar-refractivity contribution in [3.05, 3.63) is 15.3 Å². The van der Waals surface area contributed by atoms with E-state index < -0.39 is 0 Å². The number of nitrogens with two attached hydrogens (primary N) is 1. The van der Waals surface area contributed by atoms with Crippen molar-refractivity contribution in [1.82, 2.24) is 5.32 Å². The molecule has 0 saturated heterocycles. The van der Waals surface area contributed by atoms with Crippen molar-refractivity contribution in [1.29, 1.82) is 0 Å². The van der Waals surface area contributed by atoms with E-state index in [0.717, 1.165) is 25.1 Å². The monoisotopic (exact) mass is 248 g/mol. The summed E-state index contributed by atoms with van der Waals surface area (Å²) in [4.78, 5) is 13.1. The molecule has 2 rings (SSSR count). The summed E-state index contributed by atoms with van der Waals surface area (Å²) in [5.74, 6) is -0.332. The fraction of sp³-hybridized carbons (Fsp3) is 0.444. The molecule has 1 aliphatic heterocycles. The summed E-state index contributed by atoms with van der Waals surface area (Å²) < 4.78 is 4.67. The van der Waals surface area contributed by atoms with E-state index in [1.54, 1.807) is 0 Å². The summed E-state index contributed by atoms with van der Waals surface area (Å²) in [6.45, 7) is 1.71. The van der Waals surface area contributed by atoms with Crippen LogP contribution in [0, 0.1) is 0 Å². The predicted octanol–water partition coefficient (Wildman–Crippen LogP) is 1.18. The first-order chi connectivity index (χ1) is 6.74. The number of fused-ring (bicyclic) bond motifs is 1. The molecule has 2 heterocycles. The Morgan fingerprint density at radius 2 is 2.33 bits per heavy atom. The smallest absolute Gasteiger partial charge is 0.350 e. The highest BCUT2D eigenvalue weighted by atomic mass is 35.5. The van der Waals surface area contributed by atoms with E-state index in [-0.39, 0.29) is 18.4 Å². The number of thiophene rings is 1. The van der Waals surface area contributed by atoms with E-state index in [2.05, 4.69) is 10.1 Å². The van der Waals surface area contributed by atoms with Crippen LogP contribution in [0.25, 0.3) is 0 Å². The number of esters is 1. The highest BCUT2D eigenvalue weighted by Gasteiger charge is 2.22. The van der Waals surface area contributed by atoms with Gasteiger partial charge in [-0.25, -0.2) is 4.79 Å². The molecule has 15 heavy (non-hydrogen) atoms. The number of rotatable bonds is 1. The summed E-state index contributed by atoms with van der Waals surface area (Å²) in [6.07, 6.45) is 0.946. The number of carbonyl (C=O) groups is 1. The van der Waals surface area contributed by atoms with Gasteiger partial charge in [-0.2, -0.15) is 0 Å². The van der Waals surface area contributed by atoms with Gasteiger partial charge >= 0.3 is 5.97 Å². The maximum Gasteiger partial charge on any atom is 0.350 e. The van der Waals surface area contributed by atoms with Gasteiger partial charge in [-0.05, 0) is 6.42 Å². The molecule has 0 atom stereocenters. The maximum absolute atomic E-state index is 11.3. The molecule has 6 heteroatoms. The molecule has 0 amide bonds. The zero-order chi connectivity index (χ0) is 10.1. The van der Waals surface area contributed by atoms with Crippen molar-refractivity contribution >= 4 is 35.4 Å². The van der Waals surface area contributed by atoms with Gasteiger partial charge in [0.25, 0.3) is 0 Å². The second kappa shape index (κ2) is 4.83. The molecular formula is C9H13ClN2O2S. The Morgan fingerprint density at radius 3 is 2.93 bits per heavy atom. The van der Waals surface area contributed by atoms with Gasteiger partial charge in [-0.1, -0.05) is 0 Å². The number of hydrogen-bond donors (Lipinski definition) is 2. The molecule has 0 unspecified atom stereocenters. The second-order valence-corrected chi connectivity index (χ2v) is 4.27.